The minimum absolute atomic E-state index is 0.0498. The lowest BCUT2D eigenvalue weighted by Crippen LogP contribution is -2.15. The standard InChI is InChI=1S/C16H20N6O3S/c1-3-4-12-13-14(22(2)21-12)15(23)20-16(19-13)18-9-10-5-7-11(8-6-10)26(17,24)25/h5-8H,3-4,9H2,1-2H3,(H2,17,24,25)(H2,18,19,20,23). The molecule has 0 saturated heterocycles. The first-order valence-corrected chi connectivity index (χ1v) is 9.65. The van der Waals surface area contributed by atoms with Gasteiger partial charge in [-0.15, -0.1) is 0 Å². The lowest BCUT2D eigenvalue weighted by Gasteiger charge is -2.07. The minimum atomic E-state index is -3.71. The Morgan fingerprint density at radius 3 is 2.58 bits per heavy atom. The number of sulfonamides is 1. The van der Waals surface area contributed by atoms with Crippen molar-refractivity contribution >= 4 is 27.0 Å². The number of primary sulfonamides is 1. The van der Waals surface area contributed by atoms with Crippen molar-refractivity contribution < 1.29 is 8.42 Å². The Hall–Kier alpha value is -2.72. The number of rotatable bonds is 6. The van der Waals surface area contributed by atoms with E-state index in [4.69, 9.17) is 5.14 Å². The van der Waals surface area contributed by atoms with E-state index in [2.05, 4.69) is 20.4 Å². The third-order valence-electron chi connectivity index (χ3n) is 3.96. The average molecular weight is 376 g/mol. The number of benzene rings is 1. The molecule has 0 radical (unpaired) electrons. The van der Waals surface area contributed by atoms with Gasteiger partial charge in [-0.1, -0.05) is 25.5 Å². The van der Waals surface area contributed by atoms with Crippen molar-refractivity contribution in [1.82, 2.24) is 19.7 Å². The number of aromatic amines is 1. The molecule has 2 heterocycles. The van der Waals surface area contributed by atoms with Crippen LogP contribution in [0.3, 0.4) is 0 Å². The van der Waals surface area contributed by atoms with Crippen molar-refractivity contribution in [3.05, 3.63) is 45.9 Å². The number of fused-ring (bicyclic) bond motifs is 1. The predicted octanol–water partition coefficient (Wildman–Crippen LogP) is 0.869. The van der Waals surface area contributed by atoms with Gasteiger partial charge < -0.3 is 5.32 Å². The molecule has 0 unspecified atom stereocenters. The smallest absolute Gasteiger partial charge is 0.278 e. The number of hydrogen-bond acceptors (Lipinski definition) is 6. The van der Waals surface area contributed by atoms with Gasteiger partial charge in [-0.2, -0.15) is 5.10 Å². The minimum Gasteiger partial charge on any atom is -0.352 e. The SMILES string of the molecule is CCCc1nn(C)c2c(=O)[nH]c(NCc3ccc(S(N)(=O)=O)cc3)nc12. The van der Waals surface area contributed by atoms with Crippen LogP contribution in [-0.4, -0.2) is 28.2 Å². The Morgan fingerprint density at radius 1 is 1.27 bits per heavy atom. The number of H-pyrrole nitrogens is 1. The Labute approximate surface area is 150 Å². The topological polar surface area (TPSA) is 136 Å². The molecule has 0 amide bonds. The summed E-state index contributed by atoms with van der Waals surface area (Å²) in [7, 11) is -1.99. The van der Waals surface area contributed by atoms with Crippen LogP contribution in [0.25, 0.3) is 11.0 Å². The summed E-state index contributed by atoms with van der Waals surface area (Å²) in [5.74, 6) is 0.336. The van der Waals surface area contributed by atoms with Gasteiger partial charge in [0.15, 0.2) is 5.52 Å². The lowest BCUT2D eigenvalue weighted by molar-refractivity contribution is 0.598. The monoisotopic (exact) mass is 376 g/mol. The maximum atomic E-state index is 12.3. The highest BCUT2D eigenvalue weighted by Crippen LogP contribution is 2.16. The van der Waals surface area contributed by atoms with Gasteiger partial charge in [0, 0.05) is 13.6 Å². The van der Waals surface area contributed by atoms with E-state index >= 15 is 0 Å². The first kappa shape index (κ1) is 18.1. The zero-order valence-corrected chi connectivity index (χ0v) is 15.3. The highest BCUT2D eigenvalue weighted by Gasteiger charge is 2.14. The van der Waals surface area contributed by atoms with E-state index in [0.717, 1.165) is 24.1 Å². The van der Waals surface area contributed by atoms with Gasteiger partial charge in [-0.05, 0) is 24.1 Å². The third kappa shape index (κ3) is 3.60. The lowest BCUT2D eigenvalue weighted by atomic mass is 10.2. The maximum absolute atomic E-state index is 12.3. The fourth-order valence-electron chi connectivity index (χ4n) is 2.72. The second-order valence-electron chi connectivity index (χ2n) is 5.97. The Morgan fingerprint density at radius 2 is 1.96 bits per heavy atom. The van der Waals surface area contributed by atoms with E-state index in [0.29, 0.717) is 23.5 Å². The molecule has 26 heavy (non-hydrogen) atoms. The fourth-order valence-corrected chi connectivity index (χ4v) is 3.23. The van der Waals surface area contributed by atoms with Crippen molar-refractivity contribution in [2.75, 3.05) is 5.32 Å². The van der Waals surface area contributed by atoms with E-state index in [1.807, 2.05) is 6.92 Å². The highest BCUT2D eigenvalue weighted by atomic mass is 32.2. The van der Waals surface area contributed by atoms with E-state index in [9.17, 15) is 13.2 Å². The highest BCUT2D eigenvalue weighted by molar-refractivity contribution is 7.89. The molecule has 10 heteroatoms. The Balaban J connectivity index is 1.85. The Kier molecular flexibility index (Phi) is 4.79. The molecule has 0 spiro atoms. The van der Waals surface area contributed by atoms with Gasteiger partial charge in [-0.25, -0.2) is 18.5 Å². The first-order valence-electron chi connectivity index (χ1n) is 8.11. The van der Waals surface area contributed by atoms with Crippen molar-refractivity contribution in [2.24, 2.45) is 12.2 Å². The summed E-state index contributed by atoms with van der Waals surface area (Å²) in [6, 6.07) is 6.17. The van der Waals surface area contributed by atoms with Gasteiger partial charge in [-0.3, -0.25) is 14.5 Å². The molecule has 0 bridgehead atoms. The quantitative estimate of drug-likeness (QED) is 0.584. The number of hydrogen-bond donors (Lipinski definition) is 3. The van der Waals surface area contributed by atoms with Crippen LogP contribution in [0.5, 0.6) is 0 Å². The van der Waals surface area contributed by atoms with Gasteiger partial charge in [0.2, 0.25) is 16.0 Å². The molecule has 0 aliphatic rings. The molecule has 4 N–H and O–H groups in total. The summed E-state index contributed by atoms with van der Waals surface area (Å²) in [4.78, 5) is 19.6. The molecule has 0 aliphatic carbocycles. The van der Waals surface area contributed by atoms with E-state index in [1.165, 1.54) is 12.1 Å². The Bertz CT molecular complexity index is 1100. The molecule has 0 saturated carbocycles. The number of nitrogens with zero attached hydrogens (tertiary/aromatic N) is 3. The zero-order valence-electron chi connectivity index (χ0n) is 14.5. The number of nitrogens with one attached hydrogen (secondary N) is 2. The van der Waals surface area contributed by atoms with Crippen LogP contribution in [0.2, 0.25) is 0 Å². The van der Waals surface area contributed by atoms with E-state index < -0.39 is 10.0 Å². The first-order chi connectivity index (χ1) is 12.3. The summed E-state index contributed by atoms with van der Waals surface area (Å²) in [5.41, 5.74) is 2.37. The van der Waals surface area contributed by atoms with E-state index in [-0.39, 0.29) is 10.5 Å². The van der Waals surface area contributed by atoms with Crippen molar-refractivity contribution in [1.29, 1.82) is 0 Å². The van der Waals surface area contributed by atoms with Crippen LogP contribution in [0.15, 0.2) is 34.0 Å². The summed E-state index contributed by atoms with van der Waals surface area (Å²) in [5, 5.41) is 12.5. The molecular formula is C16H20N6O3S. The molecule has 9 nitrogen and oxygen atoms in total. The molecule has 3 aromatic rings. The van der Waals surface area contributed by atoms with Gasteiger partial charge in [0.1, 0.15) is 5.52 Å². The van der Waals surface area contributed by atoms with Crippen molar-refractivity contribution in [2.45, 2.75) is 31.2 Å². The molecule has 0 aliphatic heterocycles. The number of aromatic nitrogens is 4. The normalized spacial score (nSPS) is 11.8. The summed E-state index contributed by atoms with van der Waals surface area (Å²) in [6.07, 6.45) is 1.64. The second-order valence-corrected chi connectivity index (χ2v) is 7.54. The fraction of sp³-hybridized carbons (Fsp3) is 0.312. The third-order valence-corrected chi connectivity index (χ3v) is 4.89. The zero-order chi connectivity index (χ0) is 18.9. The van der Waals surface area contributed by atoms with Crippen LogP contribution in [0, 0.1) is 0 Å². The average Bonchev–Trinajstić information content (AvgIpc) is 2.89. The number of nitrogens with two attached hydrogens (primary N) is 1. The van der Waals surface area contributed by atoms with Crippen molar-refractivity contribution in [3.63, 3.8) is 0 Å². The number of aryl methyl sites for hydroxylation is 2. The van der Waals surface area contributed by atoms with Crippen LogP contribution in [0.1, 0.15) is 24.6 Å². The molecule has 3 rings (SSSR count). The summed E-state index contributed by atoms with van der Waals surface area (Å²) >= 11 is 0. The van der Waals surface area contributed by atoms with Crippen LogP contribution >= 0.6 is 0 Å². The molecule has 0 atom stereocenters. The van der Waals surface area contributed by atoms with Gasteiger partial charge >= 0.3 is 0 Å². The number of anilines is 1. The maximum Gasteiger partial charge on any atom is 0.278 e. The van der Waals surface area contributed by atoms with Crippen molar-refractivity contribution in [3.8, 4) is 0 Å². The van der Waals surface area contributed by atoms with Crippen LogP contribution < -0.4 is 16.0 Å². The molecular weight excluding hydrogens is 356 g/mol. The molecule has 0 fully saturated rings. The van der Waals surface area contributed by atoms with Gasteiger partial charge in [0.25, 0.3) is 5.56 Å². The van der Waals surface area contributed by atoms with E-state index in [1.54, 1.807) is 23.9 Å². The summed E-state index contributed by atoms with van der Waals surface area (Å²) in [6.45, 7) is 2.40. The molecule has 138 valence electrons. The largest absolute Gasteiger partial charge is 0.352 e. The van der Waals surface area contributed by atoms with Crippen LogP contribution in [0.4, 0.5) is 5.95 Å². The molecule has 2 aromatic heterocycles. The second kappa shape index (κ2) is 6.89. The van der Waals surface area contributed by atoms with Crippen LogP contribution in [-0.2, 0) is 30.0 Å². The van der Waals surface area contributed by atoms with Gasteiger partial charge in [0.05, 0.1) is 10.6 Å². The molecule has 1 aromatic carbocycles. The summed E-state index contributed by atoms with van der Waals surface area (Å²) < 4.78 is 24.1. The predicted molar refractivity (Wildman–Crippen MR) is 98.3 cm³/mol.